The van der Waals surface area contributed by atoms with Crippen molar-refractivity contribution in [2.75, 3.05) is 11.5 Å². The number of hydrogen-bond donors (Lipinski definition) is 2. The fourth-order valence-electron chi connectivity index (χ4n) is 2.37. The van der Waals surface area contributed by atoms with Crippen molar-refractivity contribution in [1.82, 2.24) is 4.72 Å². The molecule has 1 aliphatic rings. The first kappa shape index (κ1) is 16.4. The molecule has 1 saturated heterocycles. The van der Waals surface area contributed by atoms with Crippen LogP contribution in [0.4, 0.5) is 0 Å². The Morgan fingerprint density at radius 1 is 1.19 bits per heavy atom. The molecule has 1 aromatic carbocycles. The molecule has 21 heavy (non-hydrogen) atoms. The van der Waals surface area contributed by atoms with E-state index in [0.717, 1.165) is 0 Å². The van der Waals surface area contributed by atoms with Gasteiger partial charge in [-0.15, -0.1) is 0 Å². The Balaban J connectivity index is 2.01. The van der Waals surface area contributed by atoms with Crippen molar-refractivity contribution in [2.24, 2.45) is 0 Å². The molecule has 2 rings (SSSR count). The molecule has 0 aromatic heterocycles. The fraction of sp³-hybridized carbons (Fsp3) is 0.538. The molecular formula is C13H19NO5S2. The maximum atomic E-state index is 12.1. The summed E-state index contributed by atoms with van der Waals surface area (Å²) in [4.78, 5) is 0. The summed E-state index contributed by atoms with van der Waals surface area (Å²) in [6, 6.07) is 6.07. The third kappa shape index (κ3) is 5.06. The van der Waals surface area contributed by atoms with E-state index < -0.39 is 25.9 Å². The van der Waals surface area contributed by atoms with E-state index in [1.807, 2.05) is 0 Å². The topological polar surface area (TPSA) is 101 Å². The highest BCUT2D eigenvalue weighted by Gasteiger charge is 2.28. The van der Waals surface area contributed by atoms with Crippen LogP contribution < -0.4 is 4.72 Å². The van der Waals surface area contributed by atoms with Crippen LogP contribution in [0, 0.1) is 0 Å². The van der Waals surface area contributed by atoms with E-state index in [4.69, 9.17) is 5.11 Å². The van der Waals surface area contributed by atoms with E-state index in [1.165, 1.54) is 0 Å². The van der Waals surface area contributed by atoms with Gasteiger partial charge in [0.15, 0.2) is 9.84 Å². The summed E-state index contributed by atoms with van der Waals surface area (Å²) in [6.07, 6.45) is 1.03. The molecule has 1 aliphatic heterocycles. The zero-order chi connectivity index (χ0) is 15.5. The number of rotatable bonds is 5. The third-order valence-electron chi connectivity index (χ3n) is 3.37. The maximum Gasteiger partial charge on any atom is 0.216 e. The van der Waals surface area contributed by atoms with Gasteiger partial charge in [-0.05, 0) is 24.0 Å². The Morgan fingerprint density at radius 2 is 1.81 bits per heavy atom. The minimum atomic E-state index is -3.58. The monoisotopic (exact) mass is 333 g/mol. The summed E-state index contributed by atoms with van der Waals surface area (Å²) in [5, 5.41) is 8.94. The Hall–Kier alpha value is -0.960. The molecule has 1 aromatic rings. The van der Waals surface area contributed by atoms with Crippen LogP contribution in [0.25, 0.3) is 0 Å². The molecule has 0 aliphatic carbocycles. The van der Waals surface area contributed by atoms with Crippen LogP contribution in [0.15, 0.2) is 24.3 Å². The van der Waals surface area contributed by atoms with Crippen molar-refractivity contribution in [3.8, 4) is 0 Å². The number of hydrogen-bond acceptors (Lipinski definition) is 5. The summed E-state index contributed by atoms with van der Waals surface area (Å²) < 4.78 is 49.7. The second kappa shape index (κ2) is 6.43. The number of sulfone groups is 1. The smallest absolute Gasteiger partial charge is 0.216 e. The molecule has 1 fully saturated rings. The van der Waals surface area contributed by atoms with Gasteiger partial charge in [0.25, 0.3) is 0 Å². The first-order valence-electron chi connectivity index (χ1n) is 6.69. The standard InChI is InChI=1S/C13H19NO5S2/c15-8-11-3-5-12(6-4-11)9-21(18,19)14-13-2-1-7-20(16,17)10-13/h3-6,13-15H,1-2,7-10H2. The zero-order valence-corrected chi connectivity index (χ0v) is 13.2. The van der Waals surface area contributed by atoms with Gasteiger partial charge < -0.3 is 5.11 Å². The summed E-state index contributed by atoms with van der Waals surface area (Å²) in [5.74, 6) is -0.196. The maximum absolute atomic E-state index is 12.1. The highest BCUT2D eigenvalue weighted by Crippen LogP contribution is 2.14. The lowest BCUT2D eigenvalue weighted by molar-refractivity contribution is 0.282. The average Bonchev–Trinajstić information content (AvgIpc) is 2.37. The van der Waals surface area contributed by atoms with Crippen LogP contribution in [0.3, 0.4) is 0 Å². The minimum absolute atomic E-state index is 0.0921. The predicted octanol–water partition coefficient (Wildman–Crippen LogP) is 0.175. The van der Waals surface area contributed by atoms with Crippen molar-refractivity contribution in [1.29, 1.82) is 0 Å². The van der Waals surface area contributed by atoms with Gasteiger partial charge in [0.2, 0.25) is 10.0 Å². The van der Waals surface area contributed by atoms with Crippen LogP contribution in [0.1, 0.15) is 24.0 Å². The van der Waals surface area contributed by atoms with E-state index in [-0.39, 0.29) is 23.9 Å². The van der Waals surface area contributed by atoms with E-state index in [1.54, 1.807) is 24.3 Å². The second-order valence-corrected chi connectivity index (χ2v) is 9.29. The molecule has 0 saturated carbocycles. The lowest BCUT2D eigenvalue weighted by Crippen LogP contribution is -2.43. The Bertz CT molecular complexity index is 680. The molecule has 2 N–H and O–H groups in total. The Kier molecular flexibility index (Phi) is 5.03. The summed E-state index contributed by atoms with van der Waals surface area (Å²) in [7, 11) is -6.72. The van der Waals surface area contributed by atoms with E-state index in [0.29, 0.717) is 24.0 Å². The molecule has 0 bridgehead atoms. The molecule has 8 heteroatoms. The van der Waals surface area contributed by atoms with Gasteiger partial charge in [0.05, 0.1) is 23.9 Å². The van der Waals surface area contributed by atoms with Gasteiger partial charge in [-0.3, -0.25) is 0 Å². The predicted molar refractivity (Wildman–Crippen MR) is 79.8 cm³/mol. The van der Waals surface area contributed by atoms with Gasteiger partial charge in [-0.2, -0.15) is 0 Å². The van der Waals surface area contributed by atoms with Crippen molar-refractivity contribution in [3.05, 3.63) is 35.4 Å². The van der Waals surface area contributed by atoms with Crippen LogP contribution in [0.5, 0.6) is 0 Å². The van der Waals surface area contributed by atoms with Gasteiger partial charge >= 0.3 is 0 Å². The van der Waals surface area contributed by atoms with Crippen molar-refractivity contribution < 1.29 is 21.9 Å². The van der Waals surface area contributed by atoms with E-state index in [9.17, 15) is 16.8 Å². The fourth-order valence-corrected chi connectivity index (χ4v) is 5.54. The third-order valence-corrected chi connectivity index (χ3v) is 6.60. The van der Waals surface area contributed by atoms with Crippen molar-refractivity contribution >= 4 is 19.9 Å². The second-order valence-electron chi connectivity index (χ2n) is 5.31. The first-order valence-corrected chi connectivity index (χ1v) is 10.2. The SMILES string of the molecule is O=S1(=O)CCCC(NS(=O)(=O)Cc2ccc(CO)cc2)C1. The van der Waals surface area contributed by atoms with Crippen LogP contribution in [-0.2, 0) is 32.2 Å². The molecule has 1 heterocycles. The molecule has 6 nitrogen and oxygen atoms in total. The highest BCUT2D eigenvalue weighted by atomic mass is 32.2. The van der Waals surface area contributed by atoms with Crippen molar-refractivity contribution in [2.45, 2.75) is 31.2 Å². The summed E-state index contributed by atoms with van der Waals surface area (Å²) >= 11 is 0. The largest absolute Gasteiger partial charge is 0.392 e. The molecule has 1 unspecified atom stereocenters. The minimum Gasteiger partial charge on any atom is -0.392 e. The zero-order valence-electron chi connectivity index (χ0n) is 11.5. The summed E-state index contributed by atoms with van der Waals surface area (Å²) in [6.45, 7) is -0.0921. The highest BCUT2D eigenvalue weighted by molar-refractivity contribution is 7.91. The van der Waals surface area contributed by atoms with Gasteiger partial charge in [0.1, 0.15) is 0 Å². The molecule has 0 spiro atoms. The number of nitrogens with one attached hydrogen (secondary N) is 1. The van der Waals surface area contributed by atoms with Crippen LogP contribution >= 0.6 is 0 Å². The molecule has 0 amide bonds. The normalized spacial score (nSPS) is 22.0. The van der Waals surface area contributed by atoms with Gasteiger partial charge in [-0.1, -0.05) is 24.3 Å². The number of sulfonamides is 1. The van der Waals surface area contributed by atoms with Crippen LogP contribution in [0.2, 0.25) is 0 Å². The summed E-state index contributed by atoms with van der Waals surface area (Å²) in [5.41, 5.74) is 1.31. The lowest BCUT2D eigenvalue weighted by atomic mass is 10.2. The number of aliphatic hydroxyl groups is 1. The molecule has 118 valence electrons. The van der Waals surface area contributed by atoms with Crippen LogP contribution in [-0.4, -0.2) is 39.5 Å². The van der Waals surface area contributed by atoms with E-state index >= 15 is 0 Å². The van der Waals surface area contributed by atoms with Gasteiger partial charge in [-0.25, -0.2) is 21.6 Å². The van der Waals surface area contributed by atoms with E-state index in [2.05, 4.69) is 4.72 Å². The Morgan fingerprint density at radius 3 is 2.38 bits per heavy atom. The van der Waals surface area contributed by atoms with Crippen molar-refractivity contribution in [3.63, 3.8) is 0 Å². The Labute approximate surface area is 125 Å². The molecular weight excluding hydrogens is 314 g/mol. The molecule has 1 atom stereocenters. The average molecular weight is 333 g/mol. The number of aliphatic hydroxyl groups excluding tert-OH is 1. The molecule has 0 radical (unpaired) electrons. The van der Waals surface area contributed by atoms with Gasteiger partial charge in [0, 0.05) is 6.04 Å². The first-order chi connectivity index (χ1) is 9.80. The number of benzene rings is 1. The quantitative estimate of drug-likeness (QED) is 0.800. The lowest BCUT2D eigenvalue weighted by Gasteiger charge is -2.22.